The van der Waals surface area contributed by atoms with E-state index in [9.17, 15) is 5.11 Å². The van der Waals surface area contributed by atoms with Gasteiger partial charge in [0, 0.05) is 18.6 Å². The Morgan fingerprint density at radius 1 is 1.44 bits per heavy atom. The summed E-state index contributed by atoms with van der Waals surface area (Å²) in [6, 6.07) is 0.104. The van der Waals surface area contributed by atoms with Gasteiger partial charge in [0.1, 0.15) is 5.82 Å². The van der Waals surface area contributed by atoms with Crippen LogP contribution in [0.3, 0.4) is 0 Å². The summed E-state index contributed by atoms with van der Waals surface area (Å²) in [5, 5.41) is 10.3. The van der Waals surface area contributed by atoms with Crippen molar-refractivity contribution in [1.29, 1.82) is 0 Å². The van der Waals surface area contributed by atoms with Gasteiger partial charge in [0.2, 0.25) is 5.13 Å². The molecule has 0 unspecified atom stereocenters. The van der Waals surface area contributed by atoms with Gasteiger partial charge in [0.25, 0.3) is 0 Å². The van der Waals surface area contributed by atoms with E-state index in [4.69, 9.17) is 0 Å². The van der Waals surface area contributed by atoms with E-state index >= 15 is 0 Å². The van der Waals surface area contributed by atoms with Crippen LogP contribution in [0, 0.1) is 12.3 Å². The average molecular weight is 243 g/mol. The number of nitrogens with zero attached hydrogens (tertiary/aromatic N) is 3. The number of aryl methyl sites for hydroxylation is 1. The maximum absolute atomic E-state index is 9.44. The first-order valence-electron chi connectivity index (χ1n) is 5.47. The van der Waals surface area contributed by atoms with Gasteiger partial charge in [-0.25, -0.2) is 4.98 Å². The number of aromatic nitrogens is 2. The average Bonchev–Trinajstić information content (AvgIpc) is 2.58. The van der Waals surface area contributed by atoms with Gasteiger partial charge in [-0.2, -0.15) is 4.37 Å². The molecule has 0 saturated carbocycles. The second-order valence-corrected chi connectivity index (χ2v) is 6.07. The predicted octanol–water partition coefficient (Wildman–Crippen LogP) is 2.08. The Morgan fingerprint density at radius 2 is 2.06 bits per heavy atom. The number of likely N-dealkylation sites (N-methyl/N-ethyl adjacent to an activating group) is 1. The van der Waals surface area contributed by atoms with E-state index in [1.165, 1.54) is 11.5 Å². The molecular weight excluding hydrogens is 222 g/mol. The SMILES string of the molecule is Cc1nsc(N(C)[C@@H](CO)CC(C)(C)C)n1. The summed E-state index contributed by atoms with van der Waals surface area (Å²) in [5.74, 6) is 0.791. The smallest absolute Gasteiger partial charge is 0.205 e. The molecule has 4 nitrogen and oxygen atoms in total. The molecule has 0 spiro atoms. The van der Waals surface area contributed by atoms with Crippen LogP contribution in [0.25, 0.3) is 0 Å². The van der Waals surface area contributed by atoms with E-state index in [1.54, 1.807) is 0 Å². The van der Waals surface area contributed by atoms with Crippen molar-refractivity contribution in [3.8, 4) is 0 Å². The fraction of sp³-hybridized carbons (Fsp3) is 0.818. The van der Waals surface area contributed by atoms with E-state index in [1.807, 2.05) is 18.9 Å². The van der Waals surface area contributed by atoms with Crippen molar-refractivity contribution < 1.29 is 5.11 Å². The quantitative estimate of drug-likeness (QED) is 0.879. The van der Waals surface area contributed by atoms with Crippen LogP contribution in [-0.4, -0.2) is 34.2 Å². The van der Waals surface area contributed by atoms with Crippen LogP contribution in [0.1, 0.15) is 33.0 Å². The molecule has 0 radical (unpaired) electrons. The maximum atomic E-state index is 9.44. The molecule has 16 heavy (non-hydrogen) atoms. The predicted molar refractivity (Wildman–Crippen MR) is 68.0 cm³/mol. The lowest BCUT2D eigenvalue weighted by atomic mass is 9.88. The molecule has 1 heterocycles. The van der Waals surface area contributed by atoms with Gasteiger partial charge in [-0.15, -0.1) is 0 Å². The molecule has 5 heteroatoms. The zero-order valence-corrected chi connectivity index (χ0v) is 11.5. The van der Waals surface area contributed by atoms with E-state index in [0.29, 0.717) is 0 Å². The first kappa shape index (κ1) is 13.4. The van der Waals surface area contributed by atoms with Crippen LogP contribution < -0.4 is 4.90 Å². The fourth-order valence-corrected chi connectivity index (χ4v) is 2.32. The molecule has 0 aliphatic rings. The lowest BCUT2D eigenvalue weighted by Crippen LogP contribution is -2.37. The largest absolute Gasteiger partial charge is 0.394 e. The lowest BCUT2D eigenvalue weighted by Gasteiger charge is -2.31. The first-order chi connectivity index (χ1) is 7.33. The molecule has 92 valence electrons. The van der Waals surface area contributed by atoms with E-state index < -0.39 is 0 Å². The molecule has 0 bridgehead atoms. The van der Waals surface area contributed by atoms with Crippen LogP contribution in [0.5, 0.6) is 0 Å². The Morgan fingerprint density at radius 3 is 2.44 bits per heavy atom. The van der Waals surface area contributed by atoms with E-state index in [-0.39, 0.29) is 18.1 Å². The first-order valence-corrected chi connectivity index (χ1v) is 6.25. The number of hydrogen-bond acceptors (Lipinski definition) is 5. The molecule has 0 aliphatic carbocycles. The van der Waals surface area contributed by atoms with Crippen molar-refractivity contribution in [2.75, 3.05) is 18.6 Å². The van der Waals surface area contributed by atoms with Gasteiger partial charge in [-0.1, -0.05) is 20.8 Å². The Kier molecular flexibility index (Phi) is 4.27. The van der Waals surface area contributed by atoms with Crippen LogP contribution in [0.15, 0.2) is 0 Å². The molecule has 1 atom stereocenters. The summed E-state index contributed by atoms with van der Waals surface area (Å²) in [6.45, 7) is 8.55. The molecule has 1 aromatic rings. The minimum Gasteiger partial charge on any atom is -0.394 e. The van der Waals surface area contributed by atoms with Crippen molar-refractivity contribution in [3.05, 3.63) is 5.82 Å². The molecular formula is C11H21N3OS. The minimum atomic E-state index is 0.104. The van der Waals surface area contributed by atoms with Crippen LogP contribution in [0.2, 0.25) is 0 Å². The highest BCUT2D eigenvalue weighted by Crippen LogP contribution is 2.26. The highest BCUT2D eigenvalue weighted by molar-refractivity contribution is 7.09. The molecule has 0 fully saturated rings. The van der Waals surface area contributed by atoms with Crippen molar-refractivity contribution in [3.63, 3.8) is 0 Å². The second-order valence-electron chi connectivity index (χ2n) is 5.34. The molecule has 1 N–H and O–H groups in total. The van der Waals surface area contributed by atoms with Crippen LogP contribution in [-0.2, 0) is 0 Å². The monoisotopic (exact) mass is 243 g/mol. The molecule has 0 saturated heterocycles. The number of hydrogen-bond donors (Lipinski definition) is 1. The number of aliphatic hydroxyl groups is 1. The van der Waals surface area contributed by atoms with Crippen molar-refractivity contribution in [2.45, 2.75) is 40.2 Å². The minimum absolute atomic E-state index is 0.104. The van der Waals surface area contributed by atoms with E-state index in [2.05, 4.69) is 30.1 Å². The van der Waals surface area contributed by atoms with Crippen molar-refractivity contribution in [1.82, 2.24) is 9.36 Å². The summed E-state index contributed by atoms with van der Waals surface area (Å²) < 4.78 is 4.16. The van der Waals surface area contributed by atoms with Gasteiger partial charge < -0.3 is 10.0 Å². The standard InChI is InChI=1S/C11H21N3OS/c1-8-12-10(16-13-8)14(5)9(7-15)6-11(2,3)4/h9,15H,6-7H2,1-5H3/t9-/m1/s1. The Hall–Kier alpha value is -0.680. The van der Waals surface area contributed by atoms with Gasteiger partial charge in [-0.05, 0) is 18.8 Å². The Bertz CT molecular complexity index is 332. The molecule has 1 rings (SSSR count). The van der Waals surface area contributed by atoms with Gasteiger partial charge in [0.15, 0.2) is 0 Å². The number of anilines is 1. The second kappa shape index (κ2) is 5.10. The van der Waals surface area contributed by atoms with Crippen LogP contribution >= 0.6 is 11.5 Å². The molecule has 1 aromatic heterocycles. The fourth-order valence-electron chi connectivity index (χ4n) is 1.62. The van der Waals surface area contributed by atoms with Crippen molar-refractivity contribution >= 4 is 16.7 Å². The Balaban J connectivity index is 2.73. The van der Waals surface area contributed by atoms with Gasteiger partial charge in [-0.3, -0.25) is 0 Å². The number of aliphatic hydroxyl groups excluding tert-OH is 1. The third-order valence-electron chi connectivity index (χ3n) is 2.43. The zero-order valence-electron chi connectivity index (χ0n) is 10.7. The van der Waals surface area contributed by atoms with E-state index in [0.717, 1.165) is 17.4 Å². The maximum Gasteiger partial charge on any atom is 0.205 e. The number of rotatable bonds is 4. The summed E-state index contributed by atoms with van der Waals surface area (Å²) in [5.41, 5.74) is 0.196. The van der Waals surface area contributed by atoms with Crippen molar-refractivity contribution in [2.24, 2.45) is 5.41 Å². The summed E-state index contributed by atoms with van der Waals surface area (Å²) >= 11 is 1.38. The highest BCUT2D eigenvalue weighted by atomic mass is 32.1. The van der Waals surface area contributed by atoms with Gasteiger partial charge in [0.05, 0.1) is 12.6 Å². The molecule has 0 aliphatic heterocycles. The summed E-state index contributed by atoms with van der Waals surface area (Å²) in [7, 11) is 1.96. The van der Waals surface area contributed by atoms with Crippen LogP contribution in [0.4, 0.5) is 5.13 Å². The third kappa shape index (κ3) is 3.72. The molecule has 0 aromatic carbocycles. The normalized spacial score (nSPS) is 13.9. The van der Waals surface area contributed by atoms with Gasteiger partial charge >= 0.3 is 0 Å². The summed E-state index contributed by atoms with van der Waals surface area (Å²) in [4.78, 5) is 6.36. The lowest BCUT2D eigenvalue weighted by molar-refractivity contribution is 0.220. The topological polar surface area (TPSA) is 49.2 Å². The zero-order chi connectivity index (χ0) is 12.3. The summed E-state index contributed by atoms with van der Waals surface area (Å²) in [6.07, 6.45) is 0.929. The highest BCUT2D eigenvalue weighted by Gasteiger charge is 2.23. The third-order valence-corrected chi connectivity index (χ3v) is 3.32. The Labute approximate surface area is 101 Å². The molecule has 0 amide bonds.